The van der Waals surface area contributed by atoms with Gasteiger partial charge in [0.2, 0.25) is 0 Å². The van der Waals surface area contributed by atoms with Gasteiger partial charge in [-0.3, -0.25) is 9.69 Å². The SMILES string of the molecule is CCCC1(C(=O)O)CCN(C(CC)COC)C1. The first-order valence-corrected chi connectivity index (χ1v) is 6.56. The summed E-state index contributed by atoms with van der Waals surface area (Å²) in [5.41, 5.74) is -0.518. The fourth-order valence-corrected chi connectivity index (χ4v) is 2.85. The predicted molar refractivity (Wildman–Crippen MR) is 67.1 cm³/mol. The molecule has 2 atom stereocenters. The van der Waals surface area contributed by atoms with Gasteiger partial charge in [-0.25, -0.2) is 0 Å². The van der Waals surface area contributed by atoms with Gasteiger partial charge >= 0.3 is 5.97 Å². The highest BCUT2D eigenvalue weighted by molar-refractivity contribution is 5.75. The summed E-state index contributed by atoms with van der Waals surface area (Å²) >= 11 is 0. The molecule has 100 valence electrons. The van der Waals surface area contributed by atoms with E-state index in [-0.39, 0.29) is 0 Å². The summed E-state index contributed by atoms with van der Waals surface area (Å²) in [5.74, 6) is -0.630. The van der Waals surface area contributed by atoms with Crippen LogP contribution in [0.3, 0.4) is 0 Å². The van der Waals surface area contributed by atoms with Gasteiger partial charge in [0.1, 0.15) is 0 Å². The molecular formula is C13H25NO3. The summed E-state index contributed by atoms with van der Waals surface area (Å²) in [6, 6.07) is 0.359. The van der Waals surface area contributed by atoms with E-state index in [4.69, 9.17) is 4.74 Å². The van der Waals surface area contributed by atoms with E-state index in [0.29, 0.717) is 19.2 Å². The number of rotatable bonds is 7. The van der Waals surface area contributed by atoms with Crippen LogP contribution >= 0.6 is 0 Å². The Balaban J connectivity index is 2.68. The Morgan fingerprint density at radius 1 is 1.53 bits per heavy atom. The fourth-order valence-electron chi connectivity index (χ4n) is 2.85. The first-order valence-electron chi connectivity index (χ1n) is 6.56. The molecule has 1 N–H and O–H groups in total. The third-order valence-electron chi connectivity index (χ3n) is 3.91. The highest BCUT2D eigenvalue weighted by Crippen LogP contribution is 2.36. The summed E-state index contributed by atoms with van der Waals surface area (Å²) in [7, 11) is 1.70. The first kappa shape index (κ1) is 14.5. The van der Waals surface area contributed by atoms with Crippen molar-refractivity contribution in [3.05, 3.63) is 0 Å². The van der Waals surface area contributed by atoms with Gasteiger partial charge in [0.15, 0.2) is 0 Å². The molecule has 1 rings (SSSR count). The smallest absolute Gasteiger partial charge is 0.310 e. The van der Waals surface area contributed by atoms with Crippen molar-refractivity contribution in [1.82, 2.24) is 4.90 Å². The van der Waals surface area contributed by atoms with Crippen LogP contribution in [-0.4, -0.2) is 48.8 Å². The van der Waals surface area contributed by atoms with Crippen molar-refractivity contribution in [1.29, 1.82) is 0 Å². The minimum Gasteiger partial charge on any atom is -0.481 e. The summed E-state index contributed by atoms with van der Waals surface area (Å²) in [6.07, 6.45) is 3.50. The summed E-state index contributed by atoms with van der Waals surface area (Å²) in [4.78, 5) is 13.8. The van der Waals surface area contributed by atoms with Gasteiger partial charge in [-0.15, -0.1) is 0 Å². The third kappa shape index (κ3) is 3.19. The highest BCUT2D eigenvalue weighted by Gasteiger charge is 2.45. The molecular weight excluding hydrogens is 218 g/mol. The second-order valence-corrected chi connectivity index (χ2v) is 5.07. The molecule has 0 amide bonds. The predicted octanol–water partition coefficient (Wildman–Crippen LogP) is 1.99. The number of carboxylic acid groups (broad SMARTS) is 1. The molecule has 4 nitrogen and oxygen atoms in total. The van der Waals surface area contributed by atoms with E-state index >= 15 is 0 Å². The molecule has 1 saturated heterocycles. The van der Waals surface area contributed by atoms with Gasteiger partial charge in [0.25, 0.3) is 0 Å². The summed E-state index contributed by atoms with van der Waals surface area (Å²) in [5, 5.41) is 9.44. The lowest BCUT2D eigenvalue weighted by molar-refractivity contribution is -0.148. The third-order valence-corrected chi connectivity index (χ3v) is 3.91. The Kier molecular flexibility index (Phi) is 5.40. The molecule has 1 aliphatic rings. The Hall–Kier alpha value is -0.610. The van der Waals surface area contributed by atoms with E-state index in [9.17, 15) is 9.90 Å². The van der Waals surface area contributed by atoms with Crippen LogP contribution in [0.25, 0.3) is 0 Å². The Bertz CT molecular complexity index is 257. The van der Waals surface area contributed by atoms with Crippen molar-refractivity contribution >= 4 is 5.97 Å². The fraction of sp³-hybridized carbons (Fsp3) is 0.923. The molecule has 0 spiro atoms. The van der Waals surface area contributed by atoms with Gasteiger partial charge in [-0.1, -0.05) is 20.3 Å². The van der Waals surface area contributed by atoms with Crippen LogP contribution in [-0.2, 0) is 9.53 Å². The van der Waals surface area contributed by atoms with E-state index in [2.05, 4.69) is 18.7 Å². The molecule has 0 radical (unpaired) electrons. The number of likely N-dealkylation sites (tertiary alicyclic amines) is 1. The van der Waals surface area contributed by atoms with Crippen molar-refractivity contribution < 1.29 is 14.6 Å². The zero-order chi connectivity index (χ0) is 12.9. The van der Waals surface area contributed by atoms with Crippen LogP contribution < -0.4 is 0 Å². The normalized spacial score (nSPS) is 27.2. The number of ether oxygens (including phenoxy) is 1. The van der Waals surface area contributed by atoms with E-state index in [1.807, 2.05) is 0 Å². The quantitative estimate of drug-likeness (QED) is 0.743. The number of hydrogen-bond acceptors (Lipinski definition) is 3. The molecule has 1 fully saturated rings. The monoisotopic (exact) mass is 243 g/mol. The lowest BCUT2D eigenvalue weighted by Crippen LogP contribution is -2.40. The number of methoxy groups -OCH3 is 1. The molecule has 17 heavy (non-hydrogen) atoms. The van der Waals surface area contributed by atoms with Crippen LogP contribution in [0.2, 0.25) is 0 Å². The van der Waals surface area contributed by atoms with Crippen molar-refractivity contribution in [2.45, 2.75) is 45.6 Å². The van der Waals surface area contributed by atoms with Gasteiger partial charge < -0.3 is 9.84 Å². The van der Waals surface area contributed by atoms with Crippen molar-refractivity contribution in [3.8, 4) is 0 Å². The lowest BCUT2D eigenvalue weighted by atomic mass is 9.83. The average molecular weight is 243 g/mol. The molecule has 1 aliphatic heterocycles. The molecule has 0 bridgehead atoms. The molecule has 4 heteroatoms. The van der Waals surface area contributed by atoms with Crippen molar-refractivity contribution in [2.24, 2.45) is 5.41 Å². The van der Waals surface area contributed by atoms with E-state index in [1.165, 1.54) is 0 Å². The lowest BCUT2D eigenvalue weighted by Gasteiger charge is -2.29. The van der Waals surface area contributed by atoms with E-state index in [1.54, 1.807) is 7.11 Å². The molecule has 2 unspecified atom stereocenters. The number of nitrogens with zero attached hydrogens (tertiary/aromatic N) is 1. The topological polar surface area (TPSA) is 49.8 Å². The summed E-state index contributed by atoms with van der Waals surface area (Å²) < 4.78 is 5.21. The van der Waals surface area contributed by atoms with Crippen LogP contribution in [0.1, 0.15) is 39.5 Å². The standard InChI is InChI=1S/C13H25NO3/c1-4-6-13(12(15)16)7-8-14(10-13)11(5-2)9-17-3/h11H,4-10H2,1-3H3,(H,15,16). The van der Waals surface area contributed by atoms with Gasteiger partial charge in [-0.2, -0.15) is 0 Å². The largest absolute Gasteiger partial charge is 0.481 e. The van der Waals surface area contributed by atoms with E-state index in [0.717, 1.165) is 32.2 Å². The van der Waals surface area contributed by atoms with Crippen LogP contribution in [0, 0.1) is 5.41 Å². The Morgan fingerprint density at radius 3 is 2.71 bits per heavy atom. The van der Waals surface area contributed by atoms with Gasteiger partial charge in [0.05, 0.1) is 12.0 Å². The maximum absolute atomic E-state index is 11.5. The number of hydrogen-bond donors (Lipinski definition) is 1. The maximum atomic E-state index is 11.5. The maximum Gasteiger partial charge on any atom is 0.310 e. The van der Waals surface area contributed by atoms with Crippen LogP contribution in [0.15, 0.2) is 0 Å². The Morgan fingerprint density at radius 2 is 2.24 bits per heavy atom. The van der Waals surface area contributed by atoms with Crippen LogP contribution in [0.4, 0.5) is 0 Å². The molecule has 0 aliphatic carbocycles. The van der Waals surface area contributed by atoms with Crippen LogP contribution in [0.5, 0.6) is 0 Å². The summed E-state index contributed by atoms with van der Waals surface area (Å²) in [6.45, 7) is 6.44. The van der Waals surface area contributed by atoms with Gasteiger partial charge in [-0.05, 0) is 25.8 Å². The molecule has 1 heterocycles. The zero-order valence-corrected chi connectivity index (χ0v) is 11.2. The first-order chi connectivity index (χ1) is 8.09. The number of carboxylic acids is 1. The van der Waals surface area contributed by atoms with Crippen molar-refractivity contribution in [2.75, 3.05) is 26.8 Å². The number of aliphatic carboxylic acids is 1. The molecule has 0 aromatic carbocycles. The van der Waals surface area contributed by atoms with E-state index < -0.39 is 11.4 Å². The minimum absolute atomic E-state index is 0.359. The number of carbonyl (C=O) groups is 1. The second kappa shape index (κ2) is 6.36. The minimum atomic E-state index is -0.630. The molecule has 0 aromatic heterocycles. The molecule has 0 aromatic rings. The molecule has 0 saturated carbocycles. The average Bonchev–Trinajstić information content (AvgIpc) is 2.72. The second-order valence-electron chi connectivity index (χ2n) is 5.07. The highest BCUT2D eigenvalue weighted by atomic mass is 16.5. The van der Waals surface area contributed by atoms with Crippen molar-refractivity contribution in [3.63, 3.8) is 0 Å². The Labute approximate surface area is 104 Å². The van der Waals surface area contributed by atoms with Gasteiger partial charge in [0, 0.05) is 19.7 Å². The zero-order valence-electron chi connectivity index (χ0n) is 11.2.